The molecule has 1 amide bonds. The van der Waals surface area contributed by atoms with Crippen molar-refractivity contribution in [3.05, 3.63) is 12.4 Å². The lowest BCUT2D eigenvalue weighted by atomic mass is 9.92. The number of anilines is 1. The van der Waals surface area contributed by atoms with Gasteiger partial charge in [-0.2, -0.15) is 0 Å². The molecule has 3 rings (SSSR count). The van der Waals surface area contributed by atoms with Gasteiger partial charge in [0.05, 0.1) is 0 Å². The fourth-order valence-corrected chi connectivity index (χ4v) is 3.49. The first-order valence-corrected chi connectivity index (χ1v) is 8.18. The Bertz CT molecular complexity index is 496. The van der Waals surface area contributed by atoms with Crippen molar-refractivity contribution in [2.24, 2.45) is 23.7 Å². The second kappa shape index (κ2) is 7.47. The van der Waals surface area contributed by atoms with Crippen molar-refractivity contribution in [1.29, 1.82) is 0 Å². The Kier molecular flexibility index (Phi) is 5.87. The summed E-state index contributed by atoms with van der Waals surface area (Å²) in [6, 6.07) is 0. The Morgan fingerprint density at radius 1 is 1.45 bits per heavy atom. The van der Waals surface area contributed by atoms with Crippen molar-refractivity contribution >= 4 is 24.3 Å². The number of nitrogens with zero attached hydrogens (tertiary/aromatic N) is 2. The normalized spacial score (nSPS) is 24.9. The first kappa shape index (κ1) is 17.3. The van der Waals surface area contributed by atoms with Crippen LogP contribution in [0, 0.1) is 23.7 Å². The van der Waals surface area contributed by atoms with Gasteiger partial charge in [0.25, 0.3) is 0 Å². The van der Waals surface area contributed by atoms with Crippen LogP contribution in [0.25, 0.3) is 0 Å². The van der Waals surface area contributed by atoms with Crippen molar-refractivity contribution in [3.63, 3.8) is 0 Å². The predicted molar refractivity (Wildman–Crippen MR) is 90.1 cm³/mol. The third-order valence-corrected chi connectivity index (χ3v) is 4.68. The van der Waals surface area contributed by atoms with E-state index < -0.39 is 0 Å². The summed E-state index contributed by atoms with van der Waals surface area (Å²) in [7, 11) is 0. The number of carbonyl (C=O) groups is 1. The van der Waals surface area contributed by atoms with E-state index in [9.17, 15) is 4.79 Å². The second-order valence-electron chi connectivity index (χ2n) is 6.88. The van der Waals surface area contributed by atoms with Gasteiger partial charge in [-0.25, -0.2) is 4.98 Å². The summed E-state index contributed by atoms with van der Waals surface area (Å²) in [5.74, 6) is 2.94. The molecule has 2 heterocycles. The van der Waals surface area contributed by atoms with E-state index in [1.807, 2.05) is 10.8 Å². The van der Waals surface area contributed by atoms with Crippen molar-refractivity contribution in [2.75, 3.05) is 18.4 Å². The fraction of sp³-hybridized carbons (Fsp3) is 0.750. The first-order chi connectivity index (χ1) is 10.1. The third-order valence-electron chi connectivity index (χ3n) is 4.68. The van der Waals surface area contributed by atoms with E-state index in [1.165, 1.54) is 12.8 Å². The van der Waals surface area contributed by atoms with E-state index in [-0.39, 0.29) is 24.2 Å². The third kappa shape index (κ3) is 4.02. The maximum atomic E-state index is 12.4. The zero-order chi connectivity index (χ0) is 14.8. The molecule has 5 nitrogen and oxygen atoms in total. The van der Waals surface area contributed by atoms with E-state index >= 15 is 0 Å². The molecule has 0 bridgehead atoms. The summed E-state index contributed by atoms with van der Waals surface area (Å²) < 4.78 is 2.03. The smallest absolute Gasteiger partial charge is 0.230 e. The van der Waals surface area contributed by atoms with Crippen LogP contribution >= 0.6 is 12.4 Å². The second-order valence-corrected chi connectivity index (χ2v) is 6.88. The van der Waals surface area contributed by atoms with Crippen LogP contribution in [0.15, 0.2) is 12.4 Å². The lowest BCUT2D eigenvalue weighted by Gasteiger charge is -2.22. The van der Waals surface area contributed by atoms with Crippen LogP contribution in [0.5, 0.6) is 0 Å². The van der Waals surface area contributed by atoms with E-state index in [1.54, 1.807) is 6.20 Å². The Balaban J connectivity index is 0.00000176. The molecule has 1 aromatic heterocycles. The van der Waals surface area contributed by atoms with Gasteiger partial charge >= 0.3 is 0 Å². The fourth-order valence-electron chi connectivity index (χ4n) is 3.49. The molecule has 1 aliphatic heterocycles. The quantitative estimate of drug-likeness (QED) is 0.874. The molecule has 1 aromatic rings. The summed E-state index contributed by atoms with van der Waals surface area (Å²) >= 11 is 0. The number of piperidine rings is 1. The predicted octanol–water partition coefficient (Wildman–Crippen LogP) is 2.54. The van der Waals surface area contributed by atoms with Crippen molar-refractivity contribution < 1.29 is 4.79 Å². The zero-order valence-electron chi connectivity index (χ0n) is 13.4. The maximum absolute atomic E-state index is 12.4. The summed E-state index contributed by atoms with van der Waals surface area (Å²) in [6.07, 6.45) is 7.19. The average Bonchev–Trinajstić information content (AvgIpc) is 3.17. The largest absolute Gasteiger partial charge is 0.317 e. The molecule has 124 valence electrons. The molecule has 22 heavy (non-hydrogen) atoms. The molecule has 2 N–H and O–H groups in total. The Morgan fingerprint density at radius 3 is 2.86 bits per heavy atom. The van der Waals surface area contributed by atoms with E-state index in [0.29, 0.717) is 17.8 Å². The molecule has 6 heteroatoms. The molecule has 1 saturated heterocycles. The van der Waals surface area contributed by atoms with Crippen LogP contribution in [0.3, 0.4) is 0 Å². The standard InChI is InChI=1S/C16H26N4O.ClH/c1-11(2)10-20-8-7-18-16(20)19-15(21)14-9-13(14)12-3-5-17-6-4-12;/h7-8,11-14,17H,3-6,9-10H2,1-2H3,(H,18,19,21);1H/t13-,14+;/m0./s1. The van der Waals surface area contributed by atoms with Gasteiger partial charge in [0.1, 0.15) is 0 Å². The Labute approximate surface area is 138 Å². The van der Waals surface area contributed by atoms with Gasteiger partial charge in [-0.05, 0) is 50.1 Å². The molecule has 1 aliphatic carbocycles. The number of hydrogen-bond acceptors (Lipinski definition) is 3. The van der Waals surface area contributed by atoms with Crippen LogP contribution in [-0.4, -0.2) is 28.5 Å². The van der Waals surface area contributed by atoms with E-state index in [0.717, 1.165) is 32.0 Å². The number of imidazole rings is 1. The zero-order valence-corrected chi connectivity index (χ0v) is 14.2. The maximum Gasteiger partial charge on any atom is 0.230 e. The molecule has 2 fully saturated rings. The summed E-state index contributed by atoms with van der Waals surface area (Å²) in [4.78, 5) is 16.7. The lowest BCUT2D eigenvalue weighted by molar-refractivity contribution is -0.117. The van der Waals surface area contributed by atoms with E-state index in [4.69, 9.17) is 0 Å². The number of hydrogen-bond donors (Lipinski definition) is 2. The topological polar surface area (TPSA) is 59.0 Å². The van der Waals surface area contributed by atoms with Crippen molar-refractivity contribution in [3.8, 4) is 0 Å². The molecule has 2 aliphatic rings. The summed E-state index contributed by atoms with van der Waals surface area (Å²) in [5.41, 5.74) is 0. The van der Waals surface area contributed by atoms with Gasteiger partial charge in [0, 0.05) is 24.9 Å². The Hall–Kier alpha value is -1.07. The van der Waals surface area contributed by atoms with Crippen LogP contribution in [0.4, 0.5) is 5.95 Å². The molecule has 0 spiro atoms. The SMILES string of the molecule is CC(C)Cn1ccnc1NC(=O)[C@@H]1C[C@H]1C1CCNCC1.Cl. The van der Waals surface area contributed by atoms with Gasteiger partial charge in [-0.15, -0.1) is 12.4 Å². The number of halogens is 1. The number of nitrogens with one attached hydrogen (secondary N) is 2. The summed E-state index contributed by atoms with van der Waals surface area (Å²) in [6.45, 7) is 7.43. The molecule has 0 unspecified atom stereocenters. The van der Waals surface area contributed by atoms with Crippen molar-refractivity contribution in [1.82, 2.24) is 14.9 Å². The first-order valence-electron chi connectivity index (χ1n) is 8.18. The summed E-state index contributed by atoms with van der Waals surface area (Å²) in [5, 5.41) is 6.41. The lowest BCUT2D eigenvalue weighted by Crippen LogP contribution is -2.29. The van der Waals surface area contributed by atoms with Gasteiger partial charge in [0.15, 0.2) is 0 Å². The highest BCUT2D eigenvalue weighted by atomic mass is 35.5. The van der Waals surface area contributed by atoms with Gasteiger partial charge in [0.2, 0.25) is 11.9 Å². The molecule has 1 saturated carbocycles. The van der Waals surface area contributed by atoms with Crippen LogP contribution in [0.1, 0.15) is 33.1 Å². The average molecular weight is 327 g/mol. The molecular formula is C16H27ClN4O. The monoisotopic (exact) mass is 326 g/mol. The highest BCUT2D eigenvalue weighted by Gasteiger charge is 2.47. The number of amides is 1. The minimum atomic E-state index is 0. The molecular weight excluding hydrogens is 300 g/mol. The minimum Gasteiger partial charge on any atom is -0.317 e. The van der Waals surface area contributed by atoms with Crippen LogP contribution in [-0.2, 0) is 11.3 Å². The van der Waals surface area contributed by atoms with E-state index in [2.05, 4.69) is 29.5 Å². The van der Waals surface area contributed by atoms with Crippen molar-refractivity contribution in [2.45, 2.75) is 39.7 Å². The number of aromatic nitrogens is 2. The number of rotatable bonds is 5. The molecule has 0 aromatic carbocycles. The molecule has 0 radical (unpaired) electrons. The Morgan fingerprint density at radius 2 is 2.18 bits per heavy atom. The highest BCUT2D eigenvalue weighted by Crippen LogP contribution is 2.47. The highest BCUT2D eigenvalue weighted by molar-refractivity contribution is 5.93. The van der Waals surface area contributed by atoms with Gasteiger partial charge < -0.3 is 9.88 Å². The molecule has 2 atom stereocenters. The number of carbonyl (C=O) groups excluding carboxylic acids is 1. The van der Waals surface area contributed by atoms with Gasteiger partial charge in [-0.1, -0.05) is 13.8 Å². The minimum absolute atomic E-state index is 0. The van der Waals surface area contributed by atoms with Crippen LogP contribution < -0.4 is 10.6 Å². The van der Waals surface area contributed by atoms with Crippen LogP contribution in [0.2, 0.25) is 0 Å². The van der Waals surface area contributed by atoms with Gasteiger partial charge in [-0.3, -0.25) is 10.1 Å².